The summed E-state index contributed by atoms with van der Waals surface area (Å²) in [5.74, 6) is 0.838. The van der Waals surface area contributed by atoms with Gasteiger partial charge in [-0.05, 0) is 74.7 Å². The Balaban J connectivity index is 1.56. The van der Waals surface area contributed by atoms with Crippen molar-refractivity contribution in [3.8, 4) is 0 Å². The Labute approximate surface area is 200 Å². The molecule has 176 valence electrons. The van der Waals surface area contributed by atoms with Crippen LogP contribution in [0.25, 0.3) is 17.0 Å². The molecule has 6 heteroatoms. The van der Waals surface area contributed by atoms with Gasteiger partial charge in [0.25, 0.3) is 0 Å². The minimum absolute atomic E-state index is 0.0924. The predicted octanol–water partition coefficient (Wildman–Crippen LogP) is 6.10. The quantitative estimate of drug-likeness (QED) is 0.302. The molecular weight excluding hydrogens is 426 g/mol. The van der Waals surface area contributed by atoms with E-state index in [1.165, 1.54) is 0 Å². The molecule has 0 radical (unpaired) electrons. The number of fused-ring (bicyclic) bond motifs is 1. The van der Waals surface area contributed by atoms with Crippen LogP contribution < -0.4 is 9.80 Å². The second kappa shape index (κ2) is 11.0. The lowest BCUT2D eigenvalue weighted by Crippen LogP contribution is -2.32. The van der Waals surface area contributed by atoms with E-state index < -0.39 is 0 Å². The Kier molecular flexibility index (Phi) is 7.58. The number of anilines is 2. The molecule has 1 aliphatic heterocycles. The van der Waals surface area contributed by atoms with Crippen molar-refractivity contribution in [3.63, 3.8) is 0 Å². The Morgan fingerprint density at radius 3 is 2.50 bits per heavy atom. The van der Waals surface area contributed by atoms with Gasteiger partial charge in [0.05, 0.1) is 12.1 Å². The van der Waals surface area contributed by atoms with Crippen LogP contribution in [0, 0.1) is 0 Å². The predicted molar refractivity (Wildman–Crippen MR) is 138 cm³/mol. The first-order valence-corrected chi connectivity index (χ1v) is 12.0. The van der Waals surface area contributed by atoms with Crippen molar-refractivity contribution in [2.75, 3.05) is 36.0 Å². The minimum atomic E-state index is -0.374. The van der Waals surface area contributed by atoms with Gasteiger partial charge >= 0.3 is 6.09 Å². The highest BCUT2D eigenvalue weighted by molar-refractivity contribution is 6.07. The van der Waals surface area contributed by atoms with Crippen LogP contribution in [0.4, 0.5) is 16.3 Å². The molecule has 0 spiro atoms. The molecule has 3 aromatic rings. The fourth-order valence-corrected chi connectivity index (χ4v) is 4.25. The SMILES string of the molecule is CCCN(C(=O)OCC)c1ccc(C(=O)C=Cc2cc3ccccc3nc2N2CCCC2)cc1. The van der Waals surface area contributed by atoms with Crippen LogP contribution in [-0.4, -0.2) is 43.1 Å². The van der Waals surface area contributed by atoms with E-state index in [0.29, 0.717) is 18.7 Å². The number of nitrogens with zero attached hydrogens (tertiary/aromatic N) is 3. The van der Waals surface area contributed by atoms with Crippen LogP contribution in [-0.2, 0) is 4.74 Å². The number of carbonyl (C=O) groups is 2. The van der Waals surface area contributed by atoms with Gasteiger partial charge < -0.3 is 9.64 Å². The second-order valence-electron chi connectivity index (χ2n) is 8.38. The summed E-state index contributed by atoms with van der Waals surface area (Å²) >= 11 is 0. The van der Waals surface area contributed by atoms with Gasteiger partial charge in [-0.3, -0.25) is 9.69 Å². The van der Waals surface area contributed by atoms with Gasteiger partial charge in [0.15, 0.2) is 5.78 Å². The monoisotopic (exact) mass is 457 g/mol. The van der Waals surface area contributed by atoms with Gasteiger partial charge in [-0.1, -0.05) is 25.1 Å². The molecule has 0 N–H and O–H groups in total. The topological polar surface area (TPSA) is 62.7 Å². The summed E-state index contributed by atoms with van der Waals surface area (Å²) in [5.41, 5.74) is 3.19. The number of carbonyl (C=O) groups excluding carboxylic acids is 2. The standard InChI is InChI=1S/C28H31N3O3/c1-3-17-31(28(33)34-4-2)24-14-11-21(12-15-24)26(32)16-13-23-20-22-9-5-6-10-25(22)29-27(23)30-18-7-8-19-30/h5-6,9-16,20H,3-4,7-8,17-19H2,1-2H3. The molecular formula is C28H31N3O3. The average Bonchev–Trinajstić information content (AvgIpc) is 3.40. The van der Waals surface area contributed by atoms with E-state index in [1.54, 1.807) is 42.2 Å². The maximum Gasteiger partial charge on any atom is 0.414 e. The molecule has 2 aromatic carbocycles. The minimum Gasteiger partial charge on any atom is -0.449 e. The molecule has 0 unspecified atom stereocenters. The van der Waals surface area contributed by atoms with Crippen molar-refractivity contribution < 1.29 is 14.3 Å². The highest BCUT2D eigenvalue weighted by atomic mass is 16.6. The zero-order valence-corrected chi connectivity index (χ0v) is 19.9. The maximum atomic E-state index is 12.9. The lowest BCUT2D eigenvalue weighted by Gasteiger charge is -2.21. The number of pyridine rings is 1. The largest absolute Gasteiger partial charge is 0.449 e. The highest BCUT2D eigenvalue weighted by Gasteiger charge is 2.18. The van der Waals surface area contributed by atoms with Gasteiger partial charge in [-0.25, -0.2) is 9.78 Å². The lowest BCUT2D eigenvalue weighted by atomic mass is 10.1. The summed E-state index contributed by atoms with van der Waals surface area (Å²) in [7, 11) is 0. The number of para-hydroxylation sites is 1. The number of benzene rings is 2. The average molecular weight is 458 g/mol. The molecule has 1 amide bonds. The molecule has 0 saturated carbocycles. The van der Waals surface area contributed by atoms with Crippen molar-refractivity contribution >= 4 is 40.4 Å². The van der Waals surface area contributed by atoms with Crippen LogP contribution in [0.2, 0.25) is 0 Å². The Morgan fingerprint density at radius 1 is 1.06 bits per heavy atom. The van der Waals surface area contributed by atoms with Gasteiger partial charge in [-0.15, -0.1) is 0 Å². The normalized spacial score (nSPS) is 13.5. The maximum absolute atomic E-state index is 12.9. The summed E-state index contributed by atoms with van der Waals surface area (Å²) in [6.07, 6.45) is 6.22. The first-order valence-electron chi connectivity index (χ1n) is 12.0. The molecule has 0 bridgehead atoms. The fourth-order valence-electron chi connectivity index (χ4n) is 4.25. The molecule has 1 fully saturated rings. The zero-order chi connectivity index (χ0) is 23.9. The van der Waals surface area contributed by atoms with Crippen molar-refractivity contribution in [2.45, 2.75) is 33.1 Å². The van der Waals surface area contributed by atoms with Crippen LogP contribution in [0.3, 0.4) is 0 Å². The number of rotatable bonds is 8. The van der Waals surface area contributed by atoms with E-state index in [0.717, 1.165) is 60.3 Å². The van der Waals surface area contributed by atoms with Crippen molar-refractivity contribution in [1.82, 2.24) is 4.98 Å². The number of aromatic nitrogens is 1. The number of hydrogen-bond donors (Lipinski definition) is 0. The van der Waals surface area contributed by atoms with Crippen LogP contribution in [0.1, 0.15) is 49.0 Å². The van der Waals surface area contributed by atoms with E-state index in [4.69, 9.17) is 9.72 Å². The highest BCUT2D eigenvalue weighted by Crippen LogP contribution is 2.28. The summed E-state index contributed by atoms with van der Waals surface area (Å²) in [6.45, 7) is 6.64. The van der Waals surface area contributed by atoms with Gasteiger partial charge in [0.1, 0.15) is 5.82 Å². The van der Waals surface area contributed by atoms with Crippen LogP contribution in [0.5, 0.6) is 0 Å². The smallest absolute Gasteiger partial charge is 0.414 e. The first-order chi connectivity index (χ1) is 16.6. The molecule has 34 heavy (non-hydrogen) atoms. The van der Waals surface area contributed by atoms with Crippen LogP contribution >= 0.6 is 0 Å². The second-order valence-corrected chi connectivity index (χ2v) is 8.38. The summed E-state index contributed by atoms with van der Waals surface area (Å²) in [4.78, 5) is 34.0. The number of amides is 1. The molecule has 1 saturated heterocycles. The van der Waals surface area contributed by atoms with Gasteiger partial charge in [0, 0.05) is 41.8 Å². The van der Waals surface area contributed by atoms with E-state index in [1.807, 2.05) is 37.3 Å². The van der Waals surface area contributed by atoms with E-state index in [2.05, 4.69) is 11.0 Å². The Bertz CT molecular complexity index is 1180. The van der Waals surface area contributed by atoms with Gasteiger partial charge in [0.2, 0.25) is 0 Å². The number of allylic oxidation sites excluding steroid dienone is 1. The van der Waals surface area contributed by atoms with E-state index in [9.17, 15) is 9.59 Å². The Hall–Kier alpha value is -3.67. The van der Waals surface area contributed by atoms with Gasteiger partial charge in [-0.2, -0.15) is 0 Å². The first kappa shape index (κ1) is 23.5. The van der Waals surface area contributed by atoms with E-state index in [-0.39, 0.29) is 11.9 Å². The number of ketones is 1. The molecule has 6 nitrogen and oxygen atoms in total. The molecule has 0 atom stereocenters. The molecule has 1 aliphatic rings. The summed E-state index contributed by atoms with van der Waals surface area (Å²) in [5, 5.41) is 1.05. The summed E-state index contributed by atoms with van der Waals surface area (Å²) < 4.78 is 5.16. The van der Waals surface area contributed by atoms with Crippen molar-refractivity contribution in [1.29, 1.82) is 0 Å². The van der Waals surface area contributed by atoms with Crippen molar-refractivity contribution in [3.05, 3.63) is 71.8 Å². The molecule has 2 heterocycles. The molecule has 0 aliphatic carbocycles. The number of hydrogen-bond acceptors (Lipinski definition) is 5. The van der Waals surface area contributed by atoms with Crippen LogP contribution in [0.15, 0.2) is 60.7 Å². The fraction of sp³-hybridized carbons (Fsp3) is 0.321. The summed E-state index contributed by atoms with van der Waals surface area (Å²) in [6, 6.07) is 17.3. The number of ether oxygens (including phenoxy) is 1. The third kappa shape index (κ3) is 5.28. The van der Waals surface area contributed by atoms with Crippen molar-refractivity contribution in [2.24, 2.45) is 0 Å². The molecule has 1 aromatic heterocycles. The lowest BCUT2D eigenvalue weighted by molar-refractivity contribution is 0.104. The van der Waals surface area contributed by atoms with E-state index >= 15 is 0 Å². The third-order valence-corrected chi connectivity index (χ3v) is 5.95. The Morgan fingerprint density at radius 2 is 1.79 bits per heavy atom. The molecule has 4 rings (SSSR count). The zero-order valence-electron chi connectivity index (χ0n) is 19.9. The third-order valence-electron chi connectivity index (χ3n) is 5.95.